The number of aromatic nitrogens is 3. The molecule has 0 aliphatic heterocycles. The molecule has 0 aliphatic rings. The molecule has 0 atom stereocenters. The Morgan fingerprint density at radius 2 is 1.89 bits per heavy atom. The fourth-order valence-corrected chi connectivity index (χ4v) is 2.59. The van der Waals surface area contributed by atoms with Crippen LogP contribution in [0.4, 0.5) is 0 Å². The molecule has 4 rings (SSSR count). The smallest absolute Gasteiger partial charge is 0.0949 e. The van der Waals surface area contributed by atoms with Crippen LogP contribution in [-0.2, 0) is 6.54 Å². The van der Waals surface area contributed by atoms with E-state index >= 15 is 0 Å². The van der Waals surface area contributed by atoms with Gasteiger partial charge in [-0.3, -0.25) is 0 Å². The first-order chi connectivity index (χ1) is 9.40. The van der Waals surface area contributed by atoms with Crippen molar-refractivity contribution >= 4 is 21.8 Å². The molecule has 4 aromatic rings. The Morgan fingerprint density at radius 1 is 1.00 bits per heavy atom. The summed E-state index contributed by atoms with van der Waals surface area (Å²) in [6.45, 7) is 0.852. The summed E-state index contributed by atoms with van der Waals surface area (Å²) in [5.41, 5.74) is 3.66. The van der Waals surface area contributed by atoms with E-state index < -0.39 is 0 Å². The third-order valence-electron chi connectivity index (χ3n) is 3.49. The average molecular weight is 247 g/mol. The molecule has 1 N–H and O–H groups in total. The second-order valence-electron chi connectivity index (χ2n) is 4.79. The van der Waals surface area contributed by atoms with Crippen LogP contribution in [0.2, 0.25) is 0 Å². The third kappa shape index (κ3) is 1.71. The molecule has 0 radical (unpaired) electrons. The molecule has 0 aliphatic carbocycles. The standard InChI is InChI=1S/C16H13N3/c1-2-4-15-13(3-1)14-6-5-12(9-16(14)18-15)10-19-8-7-17-11-19/h1-9,11,18H,10H2. The third-order valence-corrected chi connectivity index (χ3v) is 3.49. The molecule has 0 spiro atoms. The minimum atomic E-state index is 0.852. The number of hydrogen-bond donors (Lipinski definition) is 1. The van der Waals surface area contributed by atoms with Gasteiger partial charge in [-0.1, -0.05) is 30.3 Å². The number of rotatable bonds is 2. The van der Waals surface area contributed by atoms with Crippen molar-refractivity contribution in [3.05, 3.63) is 66.7 Å². The Balaban J connectivity index is 1.85. The number of imidazole rings is 1. The van der Waals surface area contributed by atoms with Crippen LogP contribution in [0.3, 0.4) is 0 Å². The van der Waals surface area contributed by atoms with Crippen molar-refractivity contribution in [3.8, 4) is 0 Å². The van der Waals surface area contributed by atoms with Crippen LogP contribution < -0.4 is 0 Å². The van der Waals surface area contributed by atoms with E-state index in [1.165, 1.54) is 27.4 Å². The highest BCUT2D eigenvalue weighted by molar-refractivity contribution is 6.07. The molecule has 2 aromatic heterocycles. The topological polar surface area (TPSA) is 33.6 Å². The van der Waals surface area contributed by atoms with Crippen LogP contribution in [0.1, 0.15) is 5.56 Å². The molecule has 0 saturated carbocycles. The van der Waals surface area contributed by atoms with Gasteiger partial charge in [0, 0.05) is 40.7 Å². The van der Waals surface area contributed by atoms with E-state index in [4.69, 9.17) is 0 Å². The fraction of sp³-hybridized carbons (Fsp3) is 0.0625. The van der Waals surface area contributed by atoms with Crippen LogP contribution in [0.5, 0.6) is 0 Å². The summed E-state index contributed by atoms with van der Waals surface area (Å²) in [5.74, 6) is 0. The summed E-state index contributed by atoms with van der Waals surface area (Å²) >= 11 is 0. The summed E-state index contributed by atoms with van der Waals surface area (Å²) in [7, 11) is 0. The van der Waals surface area contributed by atoms with E-state index in [2.05, 4.69) is 57.0 Å². The van der Waals surface area contributed by atoms with Gasteiger partial charge >= 0.3 is 0 Å². The molecular formula is C16H13N3. The van der Waals surface area contributed by atoms with Crippen LogP contribution in [0.15, 0.2) is 61.2 Å². The van der Waals surface area contributed by atoms with Crippen molar-refractivity contribution in [2.45, 2.75) is 6.54 Å². The van der Waals surface area contributed by atoms with E-state index in [1.807, 2.05) is 18.7 Å². The number of H-pyrrole nitrogens is 1. The summed E-state index contributed by atoms with van der Waals surface area (Å²) in [5, 5.41) is 2.57. The highest BCUT2D eigenvalue weighted by Crippen LogP contribution is 2.25. The van der Waals surface area contributed by atoms with Crippen molar-refractivity contribution in [2.75, 3.05) is 0 Å². The van der Waals surface area contributed by atoms with Crippen LogP contribution in [0, 0.1) is 0 Å². The van der Waals surface area contributed by atoms with Gasteiger partial charge in [0.05, 0.1) is 6.33 Å². The molecule has 0 fully saturated rings. The van der Waals surface area contributed by atoms with Crippen molar-refractivity contribution in [3.63, 3.8) is 0 Å². The van der Waals surface area contributed by atoms with E-state index in [0.717, 1.165) is 6.54 Å². The Labute approximate surface area is 110 Å². The van der Waals surface area contributed by atoms with E-state index in [9.17, 15) is 0 Å². The molecule has 3 heteroatoms. The Kier molecular flexibility index (Phi) is 2.18. The number of nitrogens with zero attached hydrogens (tertiary/aromatic N) is 2. The zero-order chi connectivity index (χ0) is 12.7. The van der Waals surface area contributed by atoms with E-state index in [-0.39, 0.29) is 0 Å². The number of para-hydroxylation sites is 1. The second-order valence-corrected chi connectivity index (χ2v) is 4.79. The first-order valence-corrected chi connectivity index (χ1v) is 6.35. The molecule has 0 unspecified atom stereocenters. The van der Waals surface area contributed by atoms with Crippen LogP contribution >= 0.6 is 0 Å². The summed E-state index contributed by atoms with van der Waals surface area (Å²) in [6, 6.07) is 15.0. The van der Waals surface area contributed by atoms with Crippen LogP contribution in [0.25, 0.3) is 21.8 Å². The number of fused-ring (bicyclic) bond motifs is 3. The van der Waals surface area contributed by atoms with Gasteiger partial charge in [-0.25, -0.2) is 4.98 Å². The lowest BCUT2D eigenvalue weighted by molar-refractivity contribution is 0.798. The molecule has 19 heavy (non-hydrogen) atoms. The maximum atomic E-state index is 4.07. The quantitative estimate of drug-likeness (QED) is 0.577. The molecule has 0 bridgehead atoms. The average Bonchev–Trinajstić information content (AvgIpc) is 3.05. The maximum Gasteiger partial charge on any atom is 0.0949 e. The first-order valence-electron chi connectivity index (χ1n) is 6.35. The number of hydrogen-bond acceptors (Lipinski definition) is 1. The van der Waals surface area contributed by atoms with Gasteiger partial charge in [0.15, 0.2) is 0 Å². The SMILES string of the molecule is c1ccc2c(c1)[nH]c1cc(Cn3ccnc3)ccc12. The number of aromatic amines is 1. The van der Waals surface area contributed by atoms with Gasteiger partial charge < -0.3 is 9.55 Å². The number of nitrogens with one attached hydrogen (secondary N) is 1. The highest BCUT2D eigenvalue weighted by atomic mass is 15.0. The van der Waals surface area contributed by atoms with Gasteiger partial charge in [0.25, 0.3) is 0 Å². The molecule has 2 heterocycles. The lowest BCUT2D eigenvalue weighted by atomic mass is 10.1. The van der Waals surface area contributed by atoms with Gasteiger partial charge in [-0.15, -0.1) is 0 Å². The minimum absolute atomic E-state index is 0.852. The van der Waals surface area contributed by atoms with Crippen molar-refractivity contribution in [2.24, 2.45) is 0 Å². The zero-order valence-electron chi connectivity index (χ0n) is 10.4. The lowest BCUT2D eigenvalue weighted by Crippen LogP contribution is -1.95. The summed E-state index contributed by atoms with van der Waals surface area (Å²) in [6.07, 6.45) is 5.63. The van der Waals surface area contributed by atoms with E-state index in [0.29, 0.717) is 0 Å². The van der Waals surface area contributed by atoms with Crippen LogP contribution in [-0.4, -0.2) is 14.5 Å². The normalized spacial score (nSPS) is 11.4. The largest absolute Gasteiger partial charge is 0.355 e. The van der Waals surface area contributed by atoms with Gasteiger partial charge in [0.1, 0.15) is 0 Å². The fourth-order valence-electron chi connectivity index (χ4n) is 2.59. The second kappa shape index (κ2) is 3.99. The molecule has 0 saturated heterocycles. The van der Waals surface area contributed by atoms with Crippen molar-refractivity contribution in [1.29, 1.82) is 0 Å². The highest BCUT2D eigenvalue weighted by Gasteiger charge is 2.04. The Hall–Kier alpha value is -2.55. The van der Waals surface area contributed by atoms with Crippen molar-refractivity contribution < 1.29 is 0 Å². The maximum absolute atomic E-state index is 4.07. The van der Waals surface area contributed by atoms with Gasteiger partial charge in [0.2, 0.25) is 0 Å². The first kappa shape index (κ1) is 10.4. The monoisotopic (exact) mass is 247 g/mol. The molecule has 3 nitrogen and oxygen atoms in total. The van der Waals surface area contributed by atoms with E-state index in [1.54, 1.807) is 0 Å². The molecule has 2 aromatic carbocycles. The summed E-state index contributed by atoms with van der Waals surface area (Å²) in [4.78, 5) is 7.54. The number of benzene rings is 2. The predicted octanol–water partition coefficient (Wildman–Crippen LogP) is 3.57. The lowest BCUT2D eigenvalue weighted by Gasteiger charge is -2.02. The Morgan fingerprint density at radius 3 is 2.79 bits per heavy atom. The minimum Gasteiger partial charge on any atom is -0.355 e. The van der Waals surface area contributed by atoms with Crippen molar-refractivity contribution in [1.82, 2.24) is 14.5 Å². The van der Waals surface area contributed by atoms with Gasteiger partial charge in [-0.05, 0) is 17.7 Å². The Bertz CT molecular complexity index is 841. The van der Waals surface area contributed by atoms with Gasteiger partial charge in [-0.2, -0.15) is 0 Å². The molecule has 92 valence electrons. The zero-order valence-corrected chi connectivity index (χ0v) is 10.4. The molecule has 0 amide bonds. The predicted molar refractivity (Wildman–Crippen MR) is 77.1 cm³/mol. The summed E-state index contributed by atoms with van der Waals surface area (Å²) < 4.78 is 2.07. The molecular weight excluding hydrogens is 234 g/mol.